The number of carbonyl (C=O) groups is 1. The van der Waals surface area contributed by atoms with Crippen molar-refractivity contribution in [1.29, 1.82) is 0 Å². The quantitative estimate of drug-likeness (QED) is 0.667. The fourth-order valence-electron chi connectivity index (χ4n) is 3.48. The zero-order valence-electron chi connectivity index (χ0n) is 17.1. The number of phenolic OH excluding ortho intramolecular Hbond substituents is 1. The van der Waals surface area contributed by atoms with E-state index in [2.05, 4.69) is 26.8 Å². The molecule has 1 N–H and O–H groups in total. The van der Waals surface area contributed by atoms with E-state index in [0.717, 1.165) is 22.1 Å². The highest BCUT2D eigenvalue weighted by Gasteiger charge is 2.17. The van der Waals surface area contributed by atoms with E-state index < -0.39 is 0 Å². The molecule has 0 radical (unpaired) electrons. The molecule has 28 heavy (non-hydrogen) atoms. The normalized spacial score (nSPS) is 11.2. The molecule has 0 aliphatic heterocycles. The van der Waals surface area contributed by atoms with Gasteiger partial charge in [0.25, 0.3) is 0 Å². The molecule has 0 atom stereocenters. The van der Waals surface area contributed by atoms with Crippen LogP contribution < -0.4 is 4.74 Å². The number of aromatic hydroxyl groups is 1. The maximum absolute atomic E-state index is 12.8. The molecule has 0 fully saturated rings. The Bertz CT molecular complexity index is 1000. The minimum Gasteiger partial charge on any atom is -0.504 e. The van der Waals surface area contributed by atoms with E-state index in [1.807, 2.05) is 6.07 Å². The van der Waals surface area contributed by atoms with Crippen molar-refractivity contribution in [3.63, 3.8) is 0 Å². The van der Waals surface area contributed by atoms with Crippen molar-refractivity contribution in [2.75, 3.05) is 14.2 Å². The lowest BCUT2D eigenvalue weighted by Crippen LogP contribution is -2.27. The maximum Gasteiger partial charge on any atom is 0.227 e. The van der Waals surface area contributed by atoms with Crippen LogP contribution in [0.15, 0.2) is 41.0 Å². The largest absolute Gasteiger partial charge is 0.504 e. The summed E-state index contributed by atoms with van der Waals surface area (Å²) in [7, 11) is 3.28. The molecular formula is C23H27NO4. The van der Waals surface area contributed by atoms with Crippen molar-refractivity contribution >= 4 is 16.9 Å². The van der Waals surface area contributed by atoms with Gasteiger partial charge in [-0.1, -0.05) is 19.9 Å². The average Bonchev–Trinajstić information content (AvgIpc) is 3.03. The lowest BCUT2D eigenvalue weighted by molar-refractivity contribution is -0.129. The number of furan rings is 1. The first-order valence-corrected chi connectivity index (χ1v) is 9.40. The first kappa shape index (κ1) is 19.8. The van der Waals surface area contributed by atoms with Crippen LogP contribution >= 0.6 is 0 Å². The second kappa shape index (κ2) is 7.97. The number of carbonyl (C=O) groups excluding carboxylic acids is 1. The van der Waals surface area contributed by atoms with Crippen LogP contribution in [0.1, 0.15) is 42.0 Å². The summed E-state index contributed by atoms with van der Waals surface area (Å²) in [6.07, 6.45) is 1.96. The van der Waals surface area contributed by atoms with Gasteiger partial charge in [0.15, 0.2) is 11.5 Å². The number of aryl methyl sites for hydroxylation is 1. The van der Waals surface area contributed by atoms with Gasteiger partial charge < -0.3 is 19.2 Å². The van der Waals surface area contributed by atoms with E-state index >= 15 is 0 Å². The van der Waals surface area contributed by atoms with Gasteiger partial charge in [0.05, 0.1) is 19.8 Å². The number of methoxy groups -OCH3 is 1. The lowest BCUT2D eigenvalue weighted by Gasteiger charge is -2.18. The monoisotopic (exact) mass is 381 g/mol. The first-order chi connectivity index (χ1) is 13.3. The summed E-state index contributed by atoms with van der Waals surface area (Å²) in [6.45, 7) is 6.85. The highest BCUT2D eigenvalue weighted by molar-refractivity contribution is 5.88. The van der Waals surface area contributed by atoms with Crippen molar-refractivity contribution < 1.29 is 19.1 Å². The number of nitrogens with zero attached hydrogens (tertiary/aromatic N) is 1. The third kappa shape index (κ3) is 3.98. The minimum absolute atomic E-state index is 0.00131. The van der Waals surface area contributed by atoms with Crippen LogP contribution in [0.2, 0.25) is 0 Å². The number of hydrogen-bond donors (Lipinski definition) is 1. The fraction of sp³-hybridized carbons (Fsp3) is 0.348. The SMILES string of the molecule is COc1cc(CN(C)C(=O)Cc2coc3cc(C)c(C(C)C)cc23)ccc1O. The number of hydrogen-bond acceptors (Lipinski definition) is 4. The van der Waals surface area contributed by atoms with Crippen LogP contribution in [0.4, 0.5) is 0 Å². The summed E-state index contributed by atoms with van der Waals surface area (Å²) in [6, 6.07) is 9.29. The first-order valence-electron chi connectivity index (χ1n) is 9.40. The van der Waals surface area contributed by atoms with Gasteiger partial charge in [-0.15, -0.1) is 0 Å². The molecule has 0 bridgehead atoms. The molecular weight excluding hydrogens is 354 g/mol. The molecule has 1 amide bonds. The Kier molecular flexibility index (Phi) is 5.63. The van der Waals surface area contributed by atoms with Gasteiger partial charge in [0.1, 0.15) is 5.58 Å². The van der Waals surface area contributed by atoms with Gasteiger partial charge in [-0.25, -0.2) is 0 Å². The number of phenols is 1. The standard InChI is InChI=1S/C23H27NO4/c1-14(2)18-11-19-17(13-28-21(19)8-15(18)3)10-23(26)24(4)12-16-6-7-20(25)22(9-16)27-5/h6-9,11,13-14,25H,10,12H2,1-5H3. The molecule has 1 aromatic heterocycles. The molecule has 3 rings (SSSR count). The molecule has 3 aromatic rings. The van der Waals surface area contributed by atoms with Crippen LogP contribution in [0.3, 0.4) is 0 Å². The van der Waals surface area contributed by atoms with Crippen LogP contribution in [-0.4, -0.2) is 30.1 Å². The van der Waals surface area contributed by atoms with Crippen molar-refractivity contribution in [3.05, 3.63) is 58.8 Å². The van der Waals surface area contributed by atoms with Gasteiger partial charge in [-0.2, -0.15) is 0 Å². The summed E-state index contributed by atoms with van der Waals surface area (Å²) in [5.74, 6) is 0.897. The van der Waals surface area contributed by atoms with Gasteiger partial charge in [0.2, 0.25) is 5.91 Å². The van der Waals surface area contributed by atoms with E-state index in [0.29, 0.717) is 18.2 Å². The highest BCUT2D eigenvalue weighted by atomic mass is 16.5. The number of rotatable bonds is 6. The summed E-state index contributed by atoms with van der Waals surface area (Å²) in [5, 5.41) is 10.7. The molecule has 2 aromatic carbocycles. The molecule has 1 heterocycles. The predicted molar refractivity (Wildman–Crippen MR) is 110 cm³/mol. The summed E-state index contributed by atoms with van der Waals surface area (Å²) in [5.41, 5.74) is 5.08. The van der Waals surface area contributed by atoms with Crippen LogP contribution in [0.5, 0.6) is 11.5 Å². The lowest BCUT2D eigenvalue weighted by atomic mass is 9.95. The number of fused-ring (bicyclic) bond motifs is 1. The number of benzene rings is 2. The Morgan fingerprint density at radius 2 is 2.00 bits per heavy atom. The Hall–Kier alpha value is -2.95. The van der Waals surface area contributed by atoms with E-state index in [-0.39, 0.29) is 18.1 Å². The van der Waals surface area contributed by atoms with Crippen molar-refractivity contribution in [3.8, 4) is 11.5 Å². The molecule has 0 aliphatic carbocycles. The van der Waals surface area contributed by atoms with Gasteiger partial charge in [0, 0.05) is 24.5 Å². The molecule has 5 nitrogen and oxygen atoms in total. The predicted octanol–water partition coefficient (Wildman–Crippen LogP) is 4.78. The fourth-order valence-corrected chi connectivity index (χ4v) is 3.48. The van der Waals surface area contributed by atoms with Gasteiger partial charge in [-0.05, 0) is 53.8 Å². The number of likely N-dealkylation sites (N-methyl/N-ethyl adjacent to an activating group) is 1. The van der Waals surface area contributed by atoms with Crippen molar-refractivity contribution in [1.82, 2.24) is 4.90 Å². The Balaban J connectivity index is 1.78. The zero-order valence-corrected chi connectivity index (χ0v) is 17.1. The maximum atomic E-state index is 12.8. The van der Waals surface area contributed by atoms with Crippen molar-refractivity contribution in [2.45, 2.75) is 39.7 Å². The summed E-state index contributed by atoms with van der Waals surface area (Å²) in [4.78, 5) is 14.4. The molecule has 0 saturated carbocycles. The zero-order chi connectivity index (χ0) is 20.4. The molecule has 0 aliphatic rings. The Morgan fingerprint density at radius 1 is 1.25 bits per heavy atom. The van der Waals surface area contributed by atoms with Crippen molar-refractivity contribution in [2.24, 2.45) is 0 Å². The van der Waals surface area contributed by atoms with Crippen LogP contribution in [0, 0.1) is 6.92 Å². The highest BCUT2D eigenvalue weighted by Crippen LogP contribution is 2.30. The van der Waals surface area contributed by atoms with E-state index in [1.54, 1.807) is 36.4 Å². The smallest absolute Gasteiger partial charge is 0.227 e. The van der Waals surface area contributed by atoms with E-state index in [4.69, 9.17) is 9.15 Å². The average molecular weight is 381 g/mol. The summed E-state index contributed by atoms with van der Waals surface area (Å²) >= 11 is 0. The molecule has 0 saturated heterocycles. The van der Waals surface area contributed by atoms with Gasteiger partial charge >= 0.3 is 0 Å². The third-order valence-corrected chi connectivity index (χ3v) is 5.10. The summed E-state index contributed by atoms with van der Waals surface area (Å²) < 4.78 is 10.8. The van der Waals surface area contributed by atoms with Crippen LogP contribution in [0.25, 0.3) is 11.0 Å². The second-order valence-corrected chi connectivity index (χ2v) is 7.55. The van der Waals surface area contributed by atoms with E-state index in [9.17, 15) is 9.90 Å². The topological polar surface area (TPSA) is 62.9 Å². The number of ether oxygens (including phenoxy) is 1. The van der Waals surface area contributed by atoms with E-state index in [1.165, 1.54) is 18.2 Å². The Labute approximate surface area is 165 Å². The molecule has 0 unspecified atom stereocenters. The minimum atomic E-state index is 0.00131. The molecule has 5 heteroatoms. The third-order valence-electron chi connectivity index (χ3n) is 5.10. The van der Waals surface area contributed by atoms with Gasteiger partial charge in [-0.3, -0.25) is 4.79 Å². The molecule has 148 valence electrons. The second-order valence-electron chi connectivity index (χ2n) is 7.55. The van der Waals surface area contributed by atoms with Crippen LogP contribution in [-0.2, 0) is 17.8 Å². The Morgan fingerprint density at radius 3 is 2.68 bits per heavy atom. The molecule has 0 spiro atoms. The number of amides is 1.